The zero-order valence-corrected chi connectivity index (χ0v) is 10.9. The lowest BCUT2D eigenvalue weighted by atomic mass is 10.2. The summed E-state index contributed by atoms with van der Waals surface area (Å²) in [7, 11) is 0. The van der Waals surface area contributed by atoms with Crippen LogP contribution < -0.4 is 4.74 Å². The van der Waals surface area contributed by atoms with E-state index in [0.717, 1.165) is 0 Å². The molecule has 4 nitrogen and oxygen atoms in total. The van der Waals surface area contributed by atoms with Gasteiger partial charge in [0, 0.05) is 0 Å². The molecular formula is C16H13NO3. The average molecular weight is 267 g/mol. The lowest BCUT2D eigenvalue weighted by Crippen LogP contribution is -2.13. The van der Waals surface area contributed by atoms with Crippen LogP contribution in [-0.4, -0.2) is 12.1 Å². The molecule has 1 unspecified atom stereocenters. The van der Waals surface area contributed by atoms with Crippen LogP contribution >= 0.6 is 0 Å². The maximum Gasteiger partial charge on any atom is 0.343 e. The van der Waals surface area contributed by atoms with Gasteiger partial charge in [-0.15, -0.1) is 0 Å². The molecule has 0 bridgehead atoms. The molecule has 100 valence electrons. The lowest BCUT2D eigenvalue weighted by molar-refractivity contribution is 0.0432. The quantitative estimate of drug-likeness (QED) is 0.795. The van der Waals surface area contributed by atoms with Gasteiger partial charge < -0.3 is 9.47 Å². The summed E-state index contributed by atoms with van der Waals surface area (Å²) in [5, 5.41) is 8.68. The van der Waals surface area contributed by atoms with E-state index in [9.17, 15) is 4.79 Å². The van der Waals surface area contributed by atoms with Gasteiger partial charge in [-0.2, -0.15) is 5.26 Å². The molecule has 4 heteroatoms. The highest BCUT2D eigenvalue weighted by atomic mass is 16.5. The summed E-state index contributed by atoms with van der Waals surface area (Å²) in [6, 6.07) is 17.8. The molecule has 0 spiro atoms. The fraction of sp³-hybridized carbons (Fsp3) is 0.125. The maximum atomic E-state index is 12.0. The van der Waals surface area contributed by atoms with Gasteiger partial charge in [0.15, 0.2) is 6.10 Å². The molecule has 1 atom stereocenters. The smallest absolute Gasteiger partial charge is 0.343 e. The molecule has 0 aliphatic rings. The highest BCUT2D eigenvalue weighted by Crippen LogP contribution is 2.25. The molecule has 20 heavy (non-hydrogen) atoms. The second-order valence-electron chi connectivity index (χ2n) is 4.09. The Morgan fingerprint density at radius 3 is 2.45 bits per heavy atom. The number of benzene rings is 2. The van der Waals surface area contributed by atoms with Crippen molar-refractivity contribution in [3.8, 4) is 17.6 Å². The van der Waals surface area contributed by atoms with Gasteiger partial charge in [0.05, 0.1) is 0 Å². The van der Waals surface area contributed by atoms with E-state index in [1.54, 1.807) is 36.4 Å². The Kier molecular flexibility index (Phi) is 4.35. The van der Waals surface area contributed by atoms with Crippen molar-refractivity contribution in [1.82, 2.24) is 0 Å². The molecule has 2 aromatic carbocycles. The van der Waals surface area contributed by atoms with Crippen molar-refractivity contribution in [3.05, 3.63) is 60.2 Å². The SMILES string of the molecule is CC(C#N)OC(=O)c1ccccc1Oc1ccccc1. The molecule has 0 amide bonds. The zero-order valence-electron chi connectivity index (χ0n) is 10.9. The number of nitriles is 1. The standard InChI is InChI=1S/C16H13NO3/c1-12(11-17)19-16(18)14-9-5-6-10-15(14)20-13-7-3-2-4-8-13/h2-10,12H,1H3. The molecule has 0 aliphatic heterocycles. The number of hydrogen-bond donors (Lipinski definition) is 0. The number of para-hydroxylation sites is 2. The zero-order chi connectivity index (χ0) is 14.4. The van der Waals surface area contributed by atoms with Crippen molar-refractivity contribution in [1.29, 1.82) is 5.26 Å². The Balaban J connectivity index is 2.23. The van der Waals surface area contributed by atoms with E-state index in [1.807, 2.05) is 24.3 Å². The van der Waals surface area contributed by atoms with E-state index in [-0.39, 0.29) is 0 Å². The van der Waals surface area contributed by atoms with Crippen LogP contribution in [0.2, 0.25) is 0 Å². The number of rotatable bonds is 4. The normalized spacial score (nSPS) is 11.2. The molecule has 0 N–H and O–H groups in total. The number of nitrogens with zero attached hydrogens (tertiary/aromatic N) is 1. The summed E-state index contributed by atoms with van der Waals surface area (Å²) < 4.78 is 10.6. The summed E-state index contributed by atoms with van der Waals surface area (Å²) in [6.07, 6.45) is -0.799. The molecule has 0 heterocycles. The Hall–Kier alpha value is -2.80. The van der Waals surface area contributed by atoms with Crippen molar-refractivity contribution >= 4 is 5.97 Å². The van der Waals surface area contributed by atoms with Crippen LogP contribution in [0.25, 0.3) is 0 Å². The molecule has 0 aromatic heterocycles. The van der Waals surface area contributed by atoms with Gasteiger partial charge in [0.25, 0.3) is 0 Å². The van der Waals surface area contributed by atoms with Gasteiger partial charge >= 0.3 is 5.97 Å². The van der Waals surface area contributed by atoms with Gasteiger partial charge in [0.2, 0.25) is 0 Å². The second kappa shape index (κ2) is 6.39. The topological polar surface area (TPSA) is 59.3 Å². The number of carbonyl (C=O) groups is 1. The molecule has 0 fully saturated rings. The van der Waals surface area contributed by atoms with E-state index < -0.39 is 12.1 Å². The second-order valence-corrected chi connectivity index (χ2v) is 4.09. The van der Waals surface area contributed by atoms with Crippen LogP contribution in [0.4, 0.5) is 0 Å². The summed E-state index contributed by atoms with van der Waals surface area (Å²) in [4.78, 5) is 12.0. The van der Waals surface area contributed by atoms with Gasteiger partial charge in [-0.1, -0.05) is 30.3 Å². The number of hydrogen-bond acceptors (Lipinski definition) is 4. The minimum absolute atomic E-state index is 0.290. The molecule has 0 saturated heterocycles. The van der Waals surface area contributed by atoms with E-state index in [1.165, 1.54) is 6.92 Å². The minimum Gasteiger partial charge on any atom is -0.456 e. The predicted octanol–water partition coefficient (Wildman–Crippen LogP) is 3.55. The van der Waals surface area contributed by atoms with Crippen LogP contribution in [0.5, 0.6) is 11.5 Å². The first-order valence-electron chi connectivity index (χ1n) is 6.13. The monoisotopic (exact) mass is 267 g/mol. The van der Waals surface area contributed by atoms with E-state index in [0.29, 0.717) is 17.1 Å². The summed E-state index contributed by atoms with van der Waals surface area (Å²) in [6.45, 7) is 1.51. The van der Waals surface area contributed by atoms with Crippen LogP contribution in [-0.2, 0) is 4.74 Å². The van der Waals surface area contributed by atoms with Crippen LogP contribution in [0.15, 0.2) is 54.6 Å². The summed E-state index contributed by atoms with van der Waals surface area (Å²) in [5.41, 5.74) is 0.290. The summed E-state index contributed by atoms with van der Waals surface area (Å²) >= 11 is 0. The van der Waals surface area contributed by atoms with Gasteiger partial charge in [-0.05, 0) is 31.2 Å². The third-order valence-electron chi connectivity index (χ3n) is 2.54. The van der Waals surface area contributed by atoms with Crippen LogP contribution in [0.1, 0.15) is 17.3 Å². The average Bonchev–Trinajstić information content (AvgIpc) is 2.48. The third-order valence-corrected chi connectivity index (χ3v) is 2.54. The first-order valence-corrected chi connectivity index (χ1v) is 6.13. The largest absolute Gasteiger partial charge is 0.456 e. The Labute approximate surface area is 117 Å². The van der Waals surface area contributed by atoms with E-state index in [4.69, 9.17) is 14.7 Å². The fourth-order valence-electron chi connectivity index (χ4n) is 1.59. The first-order chi connectivity index (χ1) is 9.70. The minimum atomic E-state index is -0.799. The van der Waals surface area contributed by atoms with Crippen molar-refractivity contribution in [2.24, 2.45) is 0 Å². The van der Waals surface area contributed by atoms with Gasteiger partial charge in [-0.3, -0.25) is 0 Å². The van der Waals surface area contributed by atoms with E-state index >= 15 is 0 Å². The van der Waals surface area contributed by atoms with Crippen LogP contribution in [0, 0.1) is 11.3 Å². The molecular weight excluding hydrogens is 254 g/mol. The van der Waals surface area contributed by atoms with Crippen molar-refractivity contribution < 1.29 is 14.3 Å². The Morgan fingerprint density at radius 2 is 1.75 bits per heavy atom. The summed E-state index contributed by atoms with van der Waals surface area (Å²) in [5.74, 6) is 0.445. The molecule has 2 rings (SSSR count). The number of ether oxygens (including phenoxy) is 2. The van der Waals surface area contributed by atoms with Gasteiger partial charge in [0.1, 0.15) is 23.1 Å². The van der Waals surface area contributed by atoms with Crippen LogP contribution in [0.3, 0.4) is 0 Å². The fourth-order valence-corrected chi connectivity index (χ4v) is 1.59. The van der Waals surface area contributed by atoms with E-state index in [2.05, 4.69) is 0 Å². The molecule has 0 radical (unpaired) electrons. The molecule has 0 aliphatic carbocycles. The Bertz CT molecular complexity index is 632. The third kappa shape index (κ3) is 3.36. The van der Waals surface area contributed by atoms with Crippen molar-refractivity contribution in [2.45, 2.75) is 13.0 Å². The first kappa shape index (κ1) is 13.6. The maximum absolute atomic E-state index is 12.0. The lowest BCUT2D eigenvalue weighted by Gasteiger charge is -2.11. The molecule has 0 saturated carbocycles. The number of carbonyl (C=O) groups excluding carboxylic acids is 1. The predicted molar refractivity (Wildman–Crippen MR) is 73.4 cm³/mol. The molecule has 2 aromatic rings. The van der Waals surface area contributed by atoms with Crippen molar-refractivity contribution in [2.75, 3.05) is 0 Å². The van der Waals surface area contributed by atoms with Gasteiger partial charge in [-0.25, -0.2) is 4.79 Å². The highest BCUT2D eigenvalue weighted by molar-refractivity contribution is 5.92. The van der Waals surface area contributed by atoms with Crippen molar-refractivity contribution in [3.63, 3.8) is 0 Å². The highest BCUT2D eigenvalue weighted by Gasteiger charge is 2.16. The Morgan fingerprint density at radius 1 is 1.10 bits per heavy atom. The number of esters is 1.